The first-order valence-corrected chi connectivity index (χ1v) is 15.2. The third-order valence-corrected chi connectivity index (χ3v) is 10.0. The van der Waals surface area contributed by atoms with Gasteiger partial charge in [0.1, 0.15) is 17.8 Å². The molecular weight excluding hydrogens is 549 g/mol. The fourth-order valence-corrected chi connectivity index (χ4v) is 7.79. The molecule has 4 atom stereocenters. The van der Waals surface area contributed by atoms with Crippen molar-refractivity contribution in [2.24, 2.45) is 11.8 Å². The van der Waals surface area contributed by atoms with Crippen LogP contribution in [0.1, 0.15) is 51.1 Å². The highest BCUT2D eigenvalue weighted by Gasteiger charge is 2.55. The van der Waals surface area contributed by atoms with E-state index >= 15 is 0 Å². The molecular formula is C33H42FN5O4. The van der Waals surface area contributed by atoms with E-state index in [1.165, 1.54) is 17.7 Å². The maximum Gasteiger partial charge on any atom is 0.325 e. The normalized spacial score (nSPS) is 26.2. The van der Waals surface area contributed by atoms with Gasteiger partial charge in [0.25, 0.3) is 0 Å². The molecule has 2 fully saturated rings. The third kappa shape index (κ3) is 4.62. The summed E-state index contributed by atoms with van der Waals surface area (Å²) in [6, 6.07) is 6.18. The summed E-state index contributed by atoms with van der Waals surface area (Å²) in [5.74, 6) is 0.733. The Bertz CT molecular complexity index is 1490. The quantitative estimate of drug-likeness (QED) is 0.513. The van der Waals surface area contributed by atoms with Gasteiger partial charge in [-0.1, -0.05) is 19.9 Å². The van der Waals surface area contributed by atoms with Crippen LogP contribution >= 0.6 is 0 Å². The van der Waals surface area contributed by atoms with E-state index in [9.17, 15) is 14.3 Å². The van der Waals surface area contributed by atoms with E-state index in [2.05, 4.69) is 36.0 Å². The van der Waals surface area contributed by atoms with Crippen LogP contribution in [0.5, 0.6) is 0 Å². The van der Waals surface area contributed by atoms with Crippen molar-refractivity contribution >= 4 is 6.03 Å². The molecule has 6 rings (SSSR count). The van der Waals surface area contributed by atoms with Crippen LogP contribution in [0.25, 0.3) is 5.69 Å². The lowest BCUT2D eigenvalue weighted by Crippen LogP contribution is -2.54. The van der Waals surface area contributed by atoms with Crippen molar-refractivity contribution in [3.63, 3.8) is 0 Å². The van der Waals surface area contributed by atoms with Crippen molar-refractivity contribution < 1.29 is 23.8 Å². The second kappa shape index (κ2) is 11.2. The molecule has 2 saturated heterocycles. The number of halogens is 1. The van der Waals surface area contributed by atoms with Crippen LogP contribution in [-0.2, 0) is 9.47 Å². The minimum absolute atomic E-state index is 0.0278. The Labute approximate surface area is 252 Å². The van der Waals surface area contributed by atoms with Gasteiger partial charge in [-0.3, -0.25) is 9.80 Å². The number of methoxy groups -OCH3 is 2. The van der Waals surface area contributed by atoms with Crippen molar-refractivity contribution in [3.8, 4) is 5.69 Å². The highest BCUT2D eigenvalue weighted by atomic mass is 19.1. The van der Waals surface area contributed by atoms with Gasteiger partial charge >= 0.3 is 6.03 Å². The lowest BCUT2D eigenvalue weighted by molar-refractivity contribution is -0.0334. The number of hydrogen-bond donors (Lipinski definition) is 1. The number of rotatable bonds is 6. The molecule has 3 aliphatic heterocycles. The molecule has 1 aromatic carbocycles. The fourth-order valence-electron chi connectivity index (χ4n) is 7.79. The average molecular weight is 592 g/mol. The van der Waals surface area contributed by atoms with Gasteiger partial charge in [-0.2, -0.15) is 5.10 Å². The van der Waals surface area contributed by atoms with Gasteiger partial charge < -0.3 is 19.5 Å². The number of nitrogens with zero attached hydrogens (tertiary/aromatic N) is 5. The van der Waals surface area contributed by atoms with Crippen LogP contribution in [-0.4, -0.2) is 87.7 Å². The molecule has 1 N–H and O–H groups in total. The summed E-state index contributed by atoms with van der Waals surface area (Å²) in [5.41, 5.74) is 5.18. The Morgan fingerprint density at radius 2 is 1.86 bits per heavy atom. The largest absolute Gasteiger partial charge is 0.501 e. The molecule has 2 amide bonds. The number of ether oxygens (including phenoxy) is 2. The number of carbonyl (C=O) groups excluding carboxylic acids is 1. The van der Waals surface area contributed by atoms with Crippen LogP contribution in [0, 0.1) is 24.6 Å². The highest BCUT2D eigenvalue weighted by Crippen LogP contribution is 2.49. The second-order valence-electron chi connectivity index (χ2n) is 12.1. The summed E-state index contributed by atoms with van der Waals surface area (Å²) in [4.78, 5) is 20.0. The van der Waals surface area contributed by atoms with E-state index < -0.39 is 11.8 Å². The zero-order chi connectivity index (χ0) is 30.6. The molecule has 10 heteroatoms. The number of aliphatic hydroxyl groups excluding tert-OH is 1. The minimum Gasteiger partial charge on any atom is -0.501 e. The van der Waals surface area contributed by atoms with Crippen molar-refractivity contribution in [2.45, 2.75) is 58.4 Å². The van der Waals surface area contributed by atoms with E-state index in [1.807, 2.05) is 23.6 Å². The topological polar surface area (TPSA) is 83.3 Å². The SMILES string of the molecule is CCN1C(=O)N2CC3=C(C(OC)C(C)C(OC)=C3)[C@@H](C)C=C2C12CCN(C(O)c1cnn(-c3ccc(F)cc3)c1C)CC2. The van der Waals surface area contributed by atoms with Crippen molar-refractivity contribution in [1.82, 2.24) is 24.5 Å². The van der Waals surface area contributed by atoms with Crippen molar-refractivity contribution in [3.05, 3.63) is 82.3 Å². The Hall–Kier alpha value is -3.47. The predicted molar refractivity (Wildman–Crippen MR) is 161 cm³/mol. The van der Waals surface area contributed by atoms with Gasteiger partial charge in [-0.05, 0) is 68.2 Å². The number of aromatic nitrogens is 2. The second-order valence-corrected chi connectivity index (χ2v) is 12.1. The molecule has 3 unspecified atom stereocenters. The monoisotopic (exact) mass is 591 g/mol. The number of carbonyl (C=O) groups is 1. The Balaban J connectivity index is 1.27. The summed E-state index contributed by atoms with van der Waals surface area (Å²) < 4.78 is 26.9. The predicted octanol–water partition coefficient (Wildman–Crippen LogP) is 4.93. The first kappa shape index (κ1) is 29.6. The molecule has 1 aromatic heterocycles. The molecule has 0 radical (unpaired) electrons. The molecule has 1 aliphatic carbocycles. The fraction of sp³-hybridized carbons (Fsp3) is 0.515. The van der Waals surface area contributed by atoms with Gasteiger partial charge in [0.05, 0.1) is 37.2 Å². The molecule has 4 heterocycles. The average Bonchev–Trinajstić information content (AvgIpc) is 3.42. The molecule has 1 spiro atoms. The molecule has 4 aliphatic rings. The van der Waals surface area contributed by atoms with E-state index in [-0.39, 0.29) is 29.8 Å². The van der Waals surface area contributed by atoms with Crippen LogP contribution < -0.4 is 0 Å². The maximum atomic E-state index is 14.0. The number of likely N-dealkylation sites (N-methyl/N-ethyl adjacent to an activating group) is 1. The molecule has 0 saturated carbocycles. The number of allylic oxidation sites excluding steroid dienone is 1. The van der Waals surface area contributed by atoms with Crippen molar-refractivity contribution in [1.29, 1.82) is 0 Å². The van der Waals surface area contributed by atoms with Gasteiger partial charge in [-0.15, -0.1) is 0 Å². The maximum absolute atomic E-state index is 14.0. The van der Waals surface area contributed by atoms with Gasteiger partial charge in [0, 0.05) is 55.5 Å². The van der Waals surface area contributed by atoms with E-state index in [4.69, 9.17) is 9.47 Å². The summed E-state index contributed by atoms with van der Waals surface area (Å²) in [6.07, 6.45) is 6.52. The lowest BCUT2D eigenvalue weighted by atomic mass is 9.78. The molecule has 43 heavy (non-hydrogen) atoms. The summed E-state index contributed by atoms with van der Waals surface area (Å²) in [7, 11) is 3.44. The van der Waals surface area contributed by atoms with Crippen LogP contribution in [0.3, 0.4) is 0 Å². The minimum atomic E-state index is -0.840. The van der Waals surface area contributed by atoms with Crippen LogP contribution in [0.2, 0.25) is 0 Å². The number of hydrogen-bond acceptors (Lipinski definition) is 6. The van der Waals surface area contributed by atoms with Crippen LogP contribution in [0.15, 0.2) is 65.2 Å². The number of benzene rings is 1. The van der Waals surface area contributed by atoms with E-state index in [0.717, 1.165) is 34.0 Å². The van der Waals surface area contributed by atoms with Gasteiger partial charge in [-0.25, -0.2) is 13.9 Å². The number of likely N-dealkylation sites (tertiary alicyclic amines) is 1. The van der Waals surface area contributed by atoms with Crippen molar-refractivity contribution in [2.75, 3.05) is 40.4 Å². The number of urea groups is 1. The Kier molecular flexibility index (Phi) is 7.73. The number of amides is 2. The summed E-state index contributed by atoms with van der Waals surface area (Å²) in [6.45, 7) is 10.6. The third-order valence-electron chi connectivity index (χ3n) is 10.0. The zero-order valence-corrected chi connectivity index (χ0v) is 25.9. The molecule has 2 aromatic rings. The highest BCUT2D eigenvalue weighted by molar-refractivity contribution is 5.83. The van der Waals surface area contributed by atoms with Gasteiger partial charge in [0.2, 0.25) is 0 Å². The molecule has 230 valence electrons. The number of piperidine rings is 1. The summed E-state index contributed by atoms with van der Waals surface area (Å²) in [5, 5.41) is 16.0. The Morgan fingerprint density at radius 3 is 2.49 bits per heavy atom. The lowest BCUT2D eigenvalue weighted by Gasteiger charge is -2.45. The van der Waals surface area contributed by atoms with E-state index in [0.29, 0.717) is 39.0 Å². The zero-order valence-electron chi connectivity index (χ0n) is 25.9. The van der Waals surface area contributed by atoms with Gasteiger partial charge in [0.15, 0.2) is 0 Å². The number of fused-ring (bicyclic) bond motifs is 2. The standard InChI is InChI=1S/C33H42FN5O4/c1-7-38-32(41)37-19-23-17-27(42-5)21(3)30(43-6)29(23)20(2)16-28(37)33(38)12-14-36(15-13-33)31(40)26-18-35-39(22(26)4)25-10-8-24(34)9-11-25/h8-11,16-18,20-21,30-31,40H,7,12-15,19H2,1-6H3/t20-,21?,30?,31?/m0/s1. The first-order valence-electron chi connectivity index (χ1n) is 15.2. The Morgan fingerprint density at radius 1 is 1.16 bits per heavy atom. The molecule has 0 bridgehead atoms. The first-order chi connectivity index (χ1) is 20.6. The van der Waals surface area contributed by atoms with E-state index in [1.54, 1.807) is 37.2 Å². The molecule has 9 nitrogen and oxygen atoms in total. The van der Waals surface area contributed by atoms with Crippen LogP contribution in [0.4, 0.5) is 9.18 Å². The number of aliphatic hydroxyl groups is 1. The smallest absolute Gasteiger partial charge is 0.325 e. The summed E-state index contributed by atoms with van der Waals surface area (Å²) >= 11 is 0.